The summed E-state index contributed by atoms with van der Waals surface area (Å²) < 4.78 is 0. The zero-order chi connectivity index (χ0) is 17.9. The van der Waals surface area contributed by atoms with Gasteiger partial charge in [0.2, 0.25) is 0 Å². The summed E-state index contributed by atoms with van der Waals surface area (Å²) in [4.78, 5) is 7.99. The Hall–Kier alpha value is -1.23. The highest BCUT2D eigenvalue weighted by Crippen LogP contribution is 2.43. The average molecular weight is 388 g/mol. The number of hydrogen-bond donors (Lipinski definition) is 1. The van der Waals surface area contributed by atoms with Gasteiger partial charge in [-0.25, -0.2) is 0 Å². The van der Waals surface area contributed by atoms with Gasteiger partial charge in [-0.2, -0.15) is 0 Å². The van der Waals surface area contributed by atoms with E-state index >= 15 is 0 Å². The first-order chi connectivity index (χ1) is 12.7. The van der Waals surface area contributed by atoms with Gasteiger partial charge in [0, 0.05) is 23.4 Å². The number of hydrogen-bond acceptors (Lipinski definition) is 4. The molecule has 1 aliphatic carbocycles. The second-order valence-electron chi connectivity index (χ2n) is 7.21. The van der Waals surface area contributed by atoms with Crippen molar-refractivity contribution in [3.05, 3.63) is 46.7 Å². The van der Waals surface area contributed by atoms with Crippen LogP contribution in [0.2, 0.25) is 5.02 Å². The van der Waals surface area contributed by atoms with Crippen molar-refractivity contribution >= 4 is 34.7 Å². The third-order valence-corrected chi connectivity index (χ3v) is 7.22. The molecule has 2 heterocycles. The lowest BCUT2D eigenvalue weighted by Crippen LogP contribution is -2.17. The molecule has 0 amide bonds. The number of nitrogens with one attached hydrogen (secondary N) is 1. The highest BCUT2D eigenvalue weighted by atomic mass is 35.5. The number of halogens is 1. The number of fused-ring (bicyclic) bond motifs is 1. The molecule has 4 rings (SSSR count). The van der Waals surface area contributed by atoms with E-state index in [1.54, 1.807) is 0 Å². The first-order valence-corrected chi connectivity index (χ1v) is 10.8. The van der Waals surface area contributed by atoms with Crippen LogP contribution in [0.3, 0.4) is 0 Å². The minimum Gasteiger partial charge on any atom is -0.341 e. The Bertz CT molecular complexity index is 774. The topological polar surface area (TPSA) is 28.2 Å². The van der Waals surface area contributed by atoms with Crippen LogP contribution in [0.15, 0.2) is 35.5 Å². The van der Waals surface area contributed by atoms with E-state index in [9.17, 15) is 0 Å². The molecule has 5 heteroatoms. The smallest absolute Gasteiger partial charge is 0.0733 e. The Morgan fingerprint density at radius 3 is 2.81 bits per heavy atom. The molecule has 3 nitrogen and oxygen atoms in total. The molecular formula is C21H26ClN3S. The van der Waals surface area contributed by atoms with Crippen molar-refractivity contribution in [3.8, 4) is 0 Å². The Balaban J connectivity index is 1.71. The van der Waals surface area contributed by atoms with Gasteiger partial charge >= 0.3 is 0 Å². The molecular weight excluding hydrogens is 362 g/mol. The molecule has 1 aromatic carbocycles. The largest absolute Gasteiger partial charge is 0.341 e. The standard InChI is InChI=1S/C21H26ClN3S/c1-25(19-14-24-13-10-20(19)26-16-4-2-3-5-16)21-17-9-12-23-11-8-15(17)6-7-18(21)22/h6-7,10,13-14,16,23H,2-5,8-9,11-12H2,1H3. The van der Waals surface area contributed by atoms with Crippen LogP contribution in [0.1, 0.15) is 36.8 Å². The van der Waals surface area contributed by atoms with Gasteiger partial charge in [-0.3, -0.25) is 4.98 Å². The molecule has 2 aromatic rings. The second-order valence-corrected chi connectivity index (χ2v) is 8.96. The van der Waals surface area contributed by atoms with Crippen molar-refractivity contribution < 1.29 is 0 Å². The highest BCUT2D eigenvalue weighted by molar-refractivity contribution is 8.00. The summed E-state index contributed by atoms with van der Waals surface area (Å²) >= 11 is 8.70. The number of rotatable bonds is 4. The molecule has 0 bridgehead atoms. The number of anilines is 2. The Labute approximate surface area is 165 Å². The minimum absolute atomic E-state index is 0.733. The number of pyridine rings is 1. The minimum atomic E-state index is 0.733. The van der Waals surface area contributed by atoms with Crippen LogP contribution in [0.5, 0.6) is 0 Å². The van der Waals surface area contributed by atoms with Crippen molar-refractivity contribution in [3.63, 3.8) is 0 Å². The normalized spacial score (nSPS) is 17.8. The molecule has 0 atom stereocenters. The van der Waals surface area contributed by atoms with Gasteiger partial charge in [0.1, 0.15) is 0 Å². The van der Waals surface area contributed by atoms with Crippen LogP contribution in [-0.2, 0) is 12.8 Å². The van der Waals surface area contributed by atoms with Crippen LogP contribution < -0.4 is 10.2 Å². The van der Waals surface area contributed by atoms with Crippen LogP contribution in [0.25, 0.3) is 0 Å². The van der Waals surface area contributed by atoms with E-state index in [4.69, 9.17) is 11.6 Å². The van der Waals surface area contributed by atoms with E-state index in [2.05, 4.69) is 40.4 Å². The van der Waals surface area contributed by atoms with E-state index in [0.717, 1.165) is 47.6 Å². The molecule has 0 spiro atoms. The predicted molar refractivity (Wildman–Crippen MR) is 112 cm³/mol. The lowest BCUT2D eigenvalue weighted by atomic mass is 10.00. The zero-order valence-electron chi connectivity index (χ0n) is 15.3. The third-order valence-electron chi connectivity index (χ3n) is 5.51. The van der Waals surface area contributed by atoms with E-state index in [0.29, 0.717) is 0 Å². The fourth-order valence-corrected chi connectivity index (χ4v) is 5.80. The van der Waals surface area contributed by atoms with Gasteiger partial charge in [0.15, 0.2) is 0 Å². The van der Waals surface area contributed by atoms with Gasteiger partial charge in [-0.1, -0.05) is 30.5 Å². The fraction of sp³-hybridized carbons (Fsp3) is 0.476. The Morgan fingerprint density at radius 2 is 1.96 bits per heavy atom. The quantitative estimate of drug-likeness (QED) is 0.777. The van der Waals surface area contributed by atoms with Crippen molar-refractivity contribution in [1.82, 2.24) is 10.3 Å². The van der Waals surface area contributed by atoms with Crippen molar-refractivity contribution in [2.45, 2.75) is 48.7 Å². The Morgan fingerprint density at radius 1 is 1.15 bits per heavy atom. The predicted octanol–water partition coefficient (Wildman–Crippen LogP) is 5.23. The molecule has 138 valence electrons. The van der Waals surface area contributed by atoms with Gasteiger partial charge in [0.25, 0.3) is 0 Å². The monoisotopic (exact) mass is 387 g/mol. The molecule has 1 aromatic heterocycles. The summed E-state index contributed by atoms with van der Waals surface area (Å²) in [5.74, 6) is 0. The number of aromatic nitrogens is 1. The molecule has 0 radical (unpaired) electrons. The van der Waals surface area contributed by atoms with Crippen LogP contribution >= 0.6 is 23.4 Å². The summed E-state index contributed by atoms with van der Waals surface area (Å²) in [5, 5.41) is 5.06. The maximum absolute atomic E-state index is 6.69. The second kappa shape index (κ2) is 8.20. The molecule has 1 fully saturated rings. The molecule has 0 unspecified atom stereocenters. The number of nitrogens with zero attached hydrogens (tertiary/aromatic N) is 2. The van der Waals surface area contributed by atoms with Gasteiger partial charge < -0.3 is 10.2 Å². The highest BCUT2D eigenvalue weighted by Gasteiger charge is 2.22. The number of thioether (sulfide) groups is 1. The van der Waals surface area contributed by atoms with Gasteiger partial charge in [0.05, 0.1) is 22.6 Å². The summed E-state index contributed by atoms with van der Waals surface area (Å²) in [5.41, 5.74) is 5.10. The molecule has 0 saturated heterocycles. The SMILES string of the molecule is CN(c1cnccc1SC1CCCC1)c1c(Cl)ccc2c1CCNCC2. The third kappa shape index (κ3) is 3.73. The summed E-state index contributed by atoms with van der Waals surface area (Å²) in [7, 11) is 2.13. The average Bonchev–Trinajstić information content (AvgIpc) is 3.04. The molecule has 1 saturated carbocycles. The molecule has 1 N–H and O–H groups in total. The van der Waals surface area contributed by atoms with E-state index in [1.165, 1.54) is 41.7 Å². The van der Waals surface area contributed by atoms with Crippen molar-refractivity contribution in [2.75, 3.05) is 25.0 Å². The molecule has 2 aliphatic rings. The lowest BCUT2D eigenvalue weighted by molar-refractivity contribution is 0.711. The van der Waals surface area contributed by atoms with Crippen LogP contribution in [0, 0.1) is 0 Å². The van der Waals surface area contributed by atoms with Crippen LogP contribution in [-0.4, -0.2) is 30.4 Å². The van der Waals surface area contributed by atoms with Crippen molar-refractivity contribution in [2.24, 2.45) is 0 Å². The van der Waals surface area contributed by atoms with Gasteiger partial charge in [-0.05, 0) is 62.0 Å². The Kier molecular flexibility index (Phi) is 5.72. The fourth-order valence-electron chi connectivity index (χ4n) is 4.12. The van der Waals surface area contributed by atoms with Crippen LogP contribution in [0.4, 0.5) is 11.4 Å². The van der Waals surface area contributed by atoms with E-state index < -0.39 is 0 Å². The zero-order valence-corrected chi connectivity index (χ0v) is 16.9. The molecule has 26 heavy (non-hydrogen) atoms. The van der Waals surface area contributed by atoms with Crippen molar-refractivity contribution in [1.29, 1.82) is 0 Å². The molecule has 1 aliphatic heterocycles. The van der Waals surface area contributed by atoms with E-state index in [-0.39, 0.29) is 0 Å². The van der Waals surface area contributed by atoms with Gasteiger partial charge in [-0.15, -0.1) is 11.8 Å². The summed E-state index contributed by atoms with van der Waals surface area (Å²) in [6, 6.07) is 6.41. The first kappa shape index (κ1) is 18.1. The van der Waals surface area contributed by atoms with E-state index in [1.807, 2.05) is 24.2 Å². The number of benzene rings is 1. The maximum atomic E-state index is 6.69. The maximum Gasteiger partial charge on any atom is 0.0733 e. The summed E-state index contributed by atoms with van der Waals surface area (Å²) in [6.45, 7) is 2.04. The summed E-state index contributed by atoms with van der Waals surface area (Å²) in [6.07, 6.45) is 11.3. The first-order valence-electron chi connectivity index (χ1n) is 9.59. The lowest BCUT2D eigenvalue weighted by Gasteiger charge is -2.27.